The molecule has 0 aliphatic rings. The molecule has 2 heteroatoms. The molecule has 2 atom stereocenters. The van der Waals surface area contributed by atoms with E-state index in [0.29, 0.717) is 6.04 Å². The molecule has 0 aliphatic heterocycles. The standard InChI is InChI=1S/C10H15N.C5H13N/c1-9(11(2)3)10-7-5-4-6-8-10;1-4-6(3)5-2/h4-9,11H,2H2,1,3H3;6H,3-5H2,1-2H3/t9-;/m1./s1. The number of hydrogen-bond acceptors (Lipinski definition) is 0. The normalized spacial score (nSPS) is 13.8. The van der Waals surface area contributed by atoms with E-state index in [2.05, 4.69) is 66.2 Å². The third-order valence-electron chi connectivity index (χ3n) is 3.04. The second-order valence-corrected chi connectivity index (χ2v) is 4.44. The Labute approximate surface area is 107 Å². The van der Waals surface area contributed by atoms with Crippen LogP contribution in [0.3, 0.4) is 0 Å². The molecule has 98 valence electrons. The van der Waals surface area contributed by atoms with Crippen molar-refractivity contribution in [2.24, 2.45) is 0 Å². The Bertz CT molecular complexity index is 266. The summed E-state index contributed by atoms with van der Waals surface area (Å²) in [5, 5.41) is 0. The summed E-state index contributed by atoms with van der Waals surface area (Å²) >= 11 is 0. The van der Waals surface area contributed by atoms with Crippen LogP contribution in [0, 0.1) is 14.1 Å². The highest BCUT2D eigenvalue weighted by molar-refractivity contribution is 5.16. The van der Waals surface area contributed by atoms with E-state index in [1.807, 2.05) is 6.07 Å². The third-order valence-corrected chi connectivity index (χ3v) is 3.04. The minimum Gasteiger partial charge on any atom is -0.468 e. The molecule has 2 N–H and O–H groups in total. The van der Waals surface area contributed by atoms with Crippen molar-refractivity contribution in [2.75, 3.05) is 20.1 Å². The SMILES string of the molecule is [CH2-][NH+](C)[C@H](C)c1ccccc1.[CH2-][NH+](CC)CC. The number of hydrogen-bond donors (Lipinski definition) is 2. The molecule has 1 aromatic carbocycles. The minimum atomic E-state index is 0.483. The van der Waals surface area contributed by atoms with Gasteiger partial charge in [-0.05, 0) is 20.8 Å². The largest absolute Gasteiger partial charge is 0.468 e. The fraction of sp³-hybridized carbons (Fsp3) is 0.467. The van der Waals surface area contributed by atoms with Crippen molar-refractivity contribution in [1.29, 1.82) is 0 Å². The first kappa shape index (κ1) is 16.1. The summed E-state index contributed by atoms with van der Waals surface area (Å²) in [6.45, 7) is 8.71. The summed E-state index contributed by atoms with van der Waals surface area (Å²) in [6.07, 6.45) is 0. The van der Waals surface area contributed by atoms with Crippen LogP contribution in [0.15, 0.2) is 30.3 Å². The molecule has 1 aromatic rings. The zero-order valence-electron chi connectivity index (χ0n) is 11.8. The van der Waals surface area contributed by atoms with Gasteiger partial charge in [0.25, 0.3) is 0 Å². The van der Waals surface area contributed by atoms with Crippen LogP contribution in [0.1, 0.15) is 32.4 Å². The molecule has 0 spiro atoms. The summed E-state index contributed by atoms with van der Waals surface area (Å²) in [5.41, 5.74) is 1.35. The molecule has 0 aromatic heterocycles. The first-order chi connectivity index (χ1) is 8.02. The van der Waals surface area contributed by atoms with Gasteiger partial charge in [-0.2, -0.15) is 14.1 Å². The highest BCUT2D eigenvalue weighted by atomic mass is 15.1. The van der Waals surface area contributed by atoms with E-state index in [1.165, 1.54) is 15.4 Å². The van der Waals surface area contributed by atoms with E-state index in [9.17, 15) is 0 Å². The molecule has 2 nitrogen and oxygen atoms in total. The zero-order chi connectivity index (χ0) is 13.3. The Morgan fingerprint density at radius 3 is 1.82 bits per heavy atom. The summed E-state index contributed by atoms with van der Waals surface area (Å²) in [7, 11) is 9.79. The van der Waals surface area contributed by atoms with Gasteiger partial charge in [0, 0.05) is 12.6 Å². The molecular formula is C15H28N2. The minimum absolute atomic E-state index is 0.483. The maximum absolute atomic E-state index is 3.93. The van der Waals surface area contributed by atoms with Gasteiger partial charge in [-0.15, -0.1) is 0 Å². The number of rotatable bonds is 4. The van der Waals surface area contributed by atoms with Gasteiger partial charge in [0.05, 0.1) is 19.1 Å². The fourth-order valence-corrected chi connectivity index (χ4v) is 1.28. The van der Waals surface area contributed by atoms with Crippen molar-refractivity contribution in [3.8, 4) is 0 Å². The lowest BCUT2D eigenvalue weighted by Crippen LogP contribution is -3.06. The summed E-state index contributed by atoms with van der Waals surface area (Å²) < 4.78 is 0. The fourth-order valence-electron chi connectivity index (χ4n) is 1.28. The molecule has 17 heavy (non-hydrogen) atoms. The molecule has 1 rings (SSSR count). The maximum atomic E-state index is 3.93. The van der Waals surface area contributed by atoms with Crippen molar-refractivity contribution in [2.45, 2.75) is 26.8 Å². The molecule has 0 saturated heterocycles. The van der Waals surface area contributed by atoms with Crippen LogP contribution in [0.5, 0.6) is 0 Å². The van der Waals surface area contributed by atoms with E-state index >= 15 is 0 Å². The van der Waals surface area contributed by atoms with Gasteiger partial charge >= 0.3 is 0 Å². The van der Waals surface area contributed by atoms with Gasteiger partial charge < -0.3 is 9.80 Å². The number of quaternary nitrogens is 2. The Hall–Kier alpha value is -0.860. The quantitative estimate of drug-likeness (QED) is 0.714. The van der Waals surface area contributed by atoms with Gasteiger partial charge in [0.2, 0.25) is 0 Å². The Morgan fingerprint density at radius 1 is 1.06 bits per heavy atom. The zero-order valence-corrected chi connectivity index (χ0v) is 11.8. The van der Waals surface area contributed by atoms with E-state index in [-0.39, 0.29) is 0 Å². The molecule has 0 heterocycles. The van der Waals surface area contributed by atoms with Gasteiger partial charge in [-0.25, -0.2) is 0 Å². The van der Waals surface area contributed by atoms with Crippen LogP contribution in [-0.2, 0) is 0 Å². The van der Waals surface area contributed by atoms with Crippen molar-refractivity contribution < 1.29 is 9.80 Å². The van der Waals surface area contributed by atoms with Crippen LogP contribution >= 0.6 is 0 Å². The summed E-state index contributed by atoms with van der Waals surface area (Å²) in [5.74, 6) is 0. The lowest BCUT2D eigenvalue weighted by molar-refractivity contribution is -0.864. The highest BCUT2D eigenvalue weighted by Gasteiger charge is 2.05. The Morgan fingerprint density at radius 2 is 1.53 bits per heavy atom. The Kier molecular flexibility index (Phi) is 8.73. The monoisotopic (exact) mass is 236 g/mol. The van der Waals surface area contributed by atoms with Crippen LogP contribution in [0.25, 0.3) is 0 Å². The van der Waals surface area contributed by atoms with Crippen molar-refractivity contribution >= 4 is 0 Å². The number of nitrogens with one attached hydrogen (secondary N) is 2. The smallest absolute Gasteiger partial charge is 0.0860 e. The van der Waals surface area contributed by atoms with Crippen LogP contribution < -0.4 is 9.80 Å². The first-order valence-electron chi connectivity index (χ1n) is 6.39. The predicted octanol–water partition coefficient (Wildman–Crippen LogP) is 0.757. The summed E-state index contributed by atoms with van der Waals surface area (Å²) in [6, 6.07) is 10.9. The number of benzene rings is 1. The second-order valence-electron chi connectivity index (χ2n) is 4.44. The van der Waals surface area contributed by atoms with Crippen molar-refractivity contribution in [1.82, 2.24) is 0 Å². The molecule has 0 bridgehead atoms. The van der Waals surface area contributed by atoms with E-state index in [0.717, 1.165) is 13.1 Å². The average molecular weight is 236 g/mol. The molecule has 1 unspecified atom stereocenters. The molecule has 0 radical (unpaired) electrons. The van der Waals surface area contributed by atoms with Gasteiger partial charge in [-0.3, -0.25) is 0 Å². The average Bonchev–Trinajstić information content (AvgIpc) is 2.38. The molecule has 0 aliphatic carbocycles. The molecule has 0 saturated carbocycles. The highest BCUT2D eigenvalue weighted by Crippen LogP contribution is 2.06. The molecule has 0 amide bonds. The second kappa shape index (κ2) is 9.20. The van der Waals surface area contributed by atoms with E-state index < -0.39 is 0 Å². The first-order valence-corrected chi connectivity index (χ1v) is 6.39. The lowest BCUT2D eigenvalue weighted by Gasteiger charge is -2.23. The van der Waals surface area contributed by atoms with Crippen molar-refractivity contribution in [3.05, 3.63) is 50.0 Å². The molecule has 0 fully saturated rings. The lowest BCUT2D eigenvalue weighted by atomic mass is 10.1. The van der Waals surface area contributed by atoms with Gasteiger partial charge in [-0.1, -0.05) is 30.3 Å². The van der Waals surface area contributed by atoms with E-state index in [1.54, 1.807) is 0 Å². The van der Waals surface area contributed by atoms with Crippen LogP contribution in [-0.4, -0.2) is 20.1 Å². The third kappa shape index (κ3) is 7.14. The van der Waals surface area contributed by atoms with Crippen LogP contribution in [0.4, 0.5) is 0 Å². The predicted molar refractivity (Wildman–Crippen MR) is 74.5 cm³/mol. The molecular weight excluding hydrogens is 208 g/mol. The Balaban J connectivity index is 0.000000366. The summed E-state index contributed by atoms with van der Waals surface area (Å²) in [4.78, 5) is 2.56. The van der Waals surface area contributed by atoms with Gasteiger partial charge in [0.15, 0.2) is 0 Å². The van der Waals surface area contributed by atoms with E-state index in [4.69, 9.17) is 0 Å². The van der Waals surface area contributed by atoms with Crippen molar-refractivity contribution in [3.63, 3.8) is 0 Å². The topological polar surface area (TPSA) is 8.88 Å². The van der Waals surface area contributed by atoms with Crippen LogP contribution in [0.2, 0.25) is 0 Å². The maximum Gasteiger partial charge on any atom is 0.0860 e. The van der Waals surface area contributed by atoms with Gasteiger partial charge in [0.1, 0.15) is 0 Å².